The van der Waals surface area contributed by atoms with Crippen molar-refractivity contribution in [3.8, 4) is 0 Å². The zero-order chi connectivity index (χ0) is 15.0. The van der Waals surface area contributed by atoms with Gasteiger partial charge in [-0.25, -0.2) is 0 Å². The molecule has 0 aromatic heterocycles. The van der Waals surface area contributed by atoms with Gasteiger partial charge in [0.25, 0.3) is 0 Å². The lowest BCUT2D eigenvalue weighted by Crippen LogP contribution is -2.20. The largest absolute Gasteiger partial charge is 0.418 e. The molecule has 110 valence electrons. The molecule has 0 saturated carbocycles. The number of nitrogens with zero attached hydrogens (tertiary/aromatic N) is 1. The molecule has 5 heteroatoms. The second-order valence-corrected chi connectivity index (χ2v) is 5.37. The number of benzene rings is 2. The predicted octanol–water partition coefficient (Wildman–Crippen LogP) is 4.96. The molecule has 2 aromatic carbocycles. The minimum absolute atomic E-state index is 0.0730. The lowest BCUT2D eigenvalue weighted by atomic mass is 10.1. The van der Waals surface area contributed by atoms with E-state index in [1.807, 2.05) is 24.3 Å². The van der Waals surface area contributed by atoms with Gasteiger partial charge in [-0.15, -0.1) is 11.6 Å². The fourth-order valence-corrected chi connectivity index (χ4v) is 2.84. The van der Waals surface area contributed by atoms with E-state index >= 15 is 0 Å². The molecule has 0 unspecified atom stereocenters. The quantitative estimate of drug-likeness (QED) is 0.708. The fourth-order valence-electron chi connectivity index (χ4n) is 2.67. The Morgan fingerprint density at radius 2 is 1.62 bits per heavy atom. The second-order valence-electron chi connectivity index (χ2n) is 5.11. The van der Waals surface area contributed by atoms with Gasteiger partial charge >= 0.3 is 6.18 Å². The standard InChI is InChI=1S/C16H13ClF3N/c17-8-11-5-6-15(14(7-11)16(18,19)20)21-9-12-3-1-2-4-13(12)10-21/h1-7H,8-10H2. The molecule has 0 amide bonds. The minimum Gasteiger partial charge on any atom is -0.362 e. The monoisotopic (exact) mass is 311 g/mol. The maximum absolute atomic E-state index is 13.3. The third kappa shape index (κ3) is 2.72. The normalized spacial score (nSPS) is 14.4. The van der Waals surface area contributed by atoms with Crippen LogP contribution in [0.3, 0.4) is 0 Å². The van der Waals surface area contributed by atoms with Crippen LogP contribution in [-0.2, 0) is 25.1 Å². The molecule has 0 radical (unpaired) electrons. The Kier molecular flexibility index (Phi) is 3.57. The molecule has 1 aliphatic heterocycles. The lowest BCUT2D eigenvalue weighted by molar-refractivity contribution is -0.137. The Bertz CT molecular complexity index is 642. The predicted molar refractivity (Wildman–Crippen MR) is 77.3 cm³/mol. The lowest BCUT2D eigenvalue weighted by Gasteiger charge is -2.23. The van der Waals surface area contributed by atoms with E-state index in [0.29, 0.717) is 18.7 Å². The van der Waals surface area contributed by atoms with Gasteiger partial charge in [0.2, 0.25) is 0 Å². The molecule has 2 aromatic rings. The van der Waals surface area contributed by atoms with Gasteiger partial charge in [0, 0.05) is 24.7 Å². The van der Waals surface area contributed by atoms with Crippen LogP contribution in [0, 0.1) is 0 Å². The Labute approximate surface area is 126 Å². The minimum atomic E-state index is -4.38. The van der Waals surface area contributed by atoms with Gasteiger partial charge in [-0.05, 0) is 28.8 Å². The molecule has 1 aliphatic rings. The number of anilines is 1. The Balaban J connectivity index is 2.00. The van der Waals surface area contributed by atoms with Crippen molar-refractivity contribution in [3.05, 3.63) is 64.7 Å². The third-order valence-electron chi connectivity index (χ3n) is 3.70. The Hall–Kier alpha value is -1.68. The highest BCUT2D eigenvalue weighted by atomic mass is 35.5. The Morgan fingerprint density at radius 1 is 1.00 bits per heavy atom. The first-order valence-electron chi connectivity index (χ1n) is 6.57. The van der Waals surface area contributed by atoms with Gasteiger partial charge in [0.05, 0.1) is 5.56 Å². The van der Waals surface area contributed by atoms with Gasteiger partial charge in [0.15, 0.2) is 0 Å². The van der Waals surface area contributed by atoms with Crippen molar-refractivity contribution in [3.63, 3.8) is 0 Å². The van der Waals surface area contributed by atoms with Crippen LogP contribution in [0.5, 0.6) is 0 Å². The summed E-state index contributed by atoms with van der Waals surface area (Å²) in [5, 5.41) is 0. The van der Waals surface area contributed by atoms with Crippen LogP contribution in [0.1, 0.15) is 22.3 Å². The summed E-state index contributed by atoms with van der Waals surface area (Å²) in [6, 6.07) is 12.0. The molecule has 0 aliphatic carbocycles. The van der Waals surface area contributed by atoms with Crippen molar-refractivity contribution in [2.24, 2.45) is 0 Å². The van der Waals surface area contributed by atoms with Crippen molar-refractivity contribution < 1.29 is 13.2 Å². The van der Waals surface area contributed by atoms with Gasteiger partial charge in [-0.3, -0.25) is 0 Å². The molecule has 0 N–H and O–H groups in total. The van der Waals surface area contributed by atoms with E-state index in [9.17, 15) is 13.2 Å². The van der Waals surface area contributed by atoms with Crippen molar-refractivity contribution >= 4 is 17.3 Å². The summed E-state index contributed by atoms with van der Waals surface area (Å²) < 4.78 is 39.8. The van der Waals surface area contributed by atoms with Gasteiger partial charge in [0.1, 0.15) is 0 Å². The van der Waals surface area contributed by atoms with Crippen molar-refractivity contribution in [2.45, 2.75) is 25.1 Å². The van der Waals surface area contributed by atoms with E-state index < -0.39 is 11.7 Å². The van der Waals surface area contributed by atoms with Crippen LogP contribution in [0.4, 0.5) is 18.9 Å². The Morgan fingerprint density at radius 3 is 2.14 bits per heavy atom. The summed E-state index contributed by atoms with van der Waals surface area (Å²) >= 11 is 5.65. The molecule has 1 nitrogen and oxygen atoms in total. The van der Waals surface area contributed by atoms with E-state index in [1.54, 1.807) is 11.0 Å². The van der Waals surface area contributed by atoms with E-state index in [1.165, 1.54) is 6.07 Å². The molecule has 1 heterocycles. The molecule has 0 bridgehead atoms. The zero-order valence-electron chi connectivity index (χ0n) is 11.1. The van der Waals surface area contributed by atoms with Gasteiger partial charge < -0.3 is 4.90 Å². The summed E-state index contributed by atoms with van der Waals surface area (Å²) in [7, 11) is 0. The molecule has 0 saturated heterocycles. The number of fused-ring (bicyclic) bond motifs is 1. The molecule has 3 rings (SSSR count). The van der Waals surface area contributed by atoms with Gasteiger partial charge in [-0.2, -0.15) is 13.2 Å². The molecule has 21 heavy (non-hydrogen) atoms. The van der Waals surface area contributed by atoms with Crippen LogP contribution in [0.25, 0.3) is 0 Å². The topological polar surface area (TPSA) is 3.24 Å². The third-order valence-corrected chi connectivity index (χ3v) is 4.01. The van der Waals surface area contributed by atoms with Crippen molar-refractivity contribution in [2.75, 3.05) is 4.90 Å². The fraction of sp³-hybridized carbons (Fsp3) is 0.250. The highest BCUT2D eigenvalue weighted by Gasteiger charge is 2.36. The number of hydrogen-bond acceptors (Lipinski definition) is 1. The molecular weight excluding hydrogens is 299 g/mol. The summed E-state index contributed by atoms with van der Waals surface area (Å²) in [6.07, 6.45) is -4.38. The summed E-state index contributed by atoms with van der Waals surface area (Å²) in [6.45, 7) is 0.999. The maximum Gasteiger partial charge on any atom is 0.418 e. The first kappa shape index (κ1) is 14.3. The summed E-state index contributed by atoms with van der Waals surface area (Å²) in [5.74, 6) is 0.0730. The first-order chi connectivity index (χ1) is 9.99. The van der Waals surface area contributed by atoms with Crippen LogP contribution in [0.2, 0.25) is 0 Å². The van der Waals surface area contributed by atoms with Crippen LogP contribution < -0.4 is 4.90 Å². The molecule has 0 atom stereocenters. The van der Waals surface area contributed by atoms with Crippen molar-refractivity contribution in [1.82, 2.24) is 0 Å². The highest BCUT2D eigenvalue weighted by Crippen LogP contribution is 2.40. The SMILES string of the molecule is FC(F)(F)c1cc(CCl)ccc1N1Cc2ccccc2C1. The molecule has 0 fully saturated rings. The van der Waals surface area contributed by atoms with E-state index in [0.717, 1.165) is 17.2 Å². The van der Waals surface area contributed by atoms with E-state index in [2.05, 4.69) is 0 Å². The first-order valence-corrected chi connectivity index (χ1v) is 7.10. The average Bonchev–Trinajstić information content (AvgIpc) is 2.89. The number of halogens is 4. The second kappa shape index (κ2) is 5.26. The molecule has 0 spiro atoms. The van der Waals surface area contributed by atoms with Crippen LogP contribution in [0.15, 0.2) is 42.5 Å². The number of alkyl halides is 4. The van der Waals surface area contributed by atoms with Crippen LogP contribution in [-0.4, -0.2) is 0 Å². The molecular formula is C16H13ClF3N. The smallest absolute Gasteiger partial charge is 0.362 e. The number of hydrogen-bond donors (Lipinski definition) is 0. The van der Waals surface area contributed by atoms with E-state index in [-0.39, 0.29) is 11.6 Å². The summed E-state index contributed by atoms with van der Waals surface area (Å²) in [4.78, 5) is 1.76. The van der Waals surface area contributed by atoms with Gasteiger partial charge in [-0.1, -0.05) is 30.3 Å². The summed E-state index contributed by atoms with van der Waals surface area (Å²) in [5.41, 5.74) is 2.23. The van der Waals surface area contributed by atoms with E-state index in [4.69, 9.17) is 11.6 Å². The zero-order valence-corrected chi connectivity index (χ0v) is 11.9. The van der Waals surface area contributed by atoms with Crippen molar-refractivity contribution in [1.29, 1.82) is 0 Å². The van der Waals surface area contributed by atoms with Crippen LogP contribution >= 0.6 is 11.6 Å². The highest BCUT2D eigenvalue weighted by molar-refractivity contribution is 6.17. The maximum atomic E-state index is 13.3. The number of rotatable bonds is 2. The average molecular weight is 312 g/mol.